The summed E-state index contributed by atoms with van der Waals surface area (Å²) >= 11 is 0. The highest BCUT2D eigenvalue weighted by atomic mass is 19.3. The van der Waals surface area contributed by atoms with Crippen LogP contribution >= 0.6 is 0 Å². The van der Waals surface area contributed by atoms with E-state index in [1.165, 1.54) is 13.8 Å². The van der Waals surface area contributed by atoms with Crippen LogP contribution in [0.3, 0.4) is 0 Å². The van der Waals surface area contributed by atoms with Gasteiger partial charge in [-0.3, -0.25) is 0 Å². The summed E-state index contributed by atoms with van der Waals surface area (Å²) in [5.41, 5.74) is 0. The van der Waals surface area contributed by atoms with E-state index in [1.54, 1.807) is 0 Å². The molecule has 0 saturated carbocycles. The van der Waals surface area contributed by atoms with E-state index >= 15 is 0 Å². The average Bonchev–Trinajstić information content (AvgIpc) is 2.00. The highest BCUT2D eigenvalue weighted by molar-refractivity contribution is 4.88. The standard InChI is InChI=1S/C14H20F10/c1-9(2)4-11(17,18)6-13(21,22)8-14(23,24)7-12(19,20)5-10(3,15)16/h9H,4-8H2,1-3H3. The zero-order valence-electron chi connectivity index (χ0n) is 13.4. The Morgan fingerprint density at radius 1 is 0.542 bits per heavy atom. The first-order valence-electron chi connectivity index (χ1n) is 7.13. The Morgan fingerprint density at radius 2 is 0.833 bits per heavy atom. The van der Waals surface area contributed by atoms with Crippen molar-refractivity contribution >= 4 is 0 Å². The van der Waals surface area contributed by atoms with E-state index in [2.05, 4.69) is 0 Å². The van der Waals surface area contributed by atoms with Crippen molar-refractivity contribution in [2.24, 2.45) is 5.92 Å². The Bertz CT molecular complexity index is 395. The van der Waals surface area contributed by atoms with E-state index in [0.717, 1.165) is 0 Å². The topological polar surface area (TPSA) is 0 Å². The molecule has 146 valence electrons. The summed E-state index contributed by atoms with van der Waals surface area (Å²) in [5, 5.41) is 0. The molecule has 0 unspecified atom stereocenters. The SMILES string of the molecule is CC(C)CC(F)(F)CC(F)(F)CC(F)(F)CC(F)(F)CC(C)(F)F. The largest absolute Gasteiger partial charge is 0.259 e. The van der Waals surface area contributed by atoms with Gasteiger partial charge in [-0.05, 0) is 12.8 Å². The molecule has 0 aliphatic rings. The second-order valence-electron chi connectivity index (χ2n) is 6.80. The fourth-order valence-electron chi connectivity index (χ4n) is 2.45. The molecule has 0 amide bonds. The molecule has 0 fully saturated rings. The molecule has 0 aliphatic heterocycles. The number of hydrogen-bond acceptors (Lipinski definition) is 0. The Labute approximate surface area is 133 Å². The van der Waals surface area contributed by atoms with Crippen LogP contribution in [0.15, 0.2) is 0 Å². The fourth-order valence-corrected chi connectivity index (χ4v) is 2.45. The second kappa shape index (κ2) is 7.27. The van der Waals surface area contributed by atoms with Crippen LogP contribution in [0.5, 0.6) is 0 Å². The summed E-state index contributed by atoms with van der Waals surface area (Å²) in [6.45, 7) is 2.69. The number of rotatable bonds is 10. The molecule has 0 aromatic carbocycles. The summed E-state index contributed by atoms with van der Waals surface area (Å²) in [4.78, 5) is 0. The highest BCUT2D eigenvalue weighted by Crippen LogP contribution is 2.45. The van der Waals surface area contributed by atoms with E-state index in [9.17, 15) is 43.9 Å². The molecule has 10 heteroatoms. The first-order valence-corrected chi connectivity index (χ1v) is 7.13. The van der Waals surface area contributed by atoms with Crippen LogP contribution in [0, 0.1) is 5.92 Å². The average molecular weight is 378 g/mol. The maximum absolute atomic E-state index is 13.4. The molecule has 0 spiro atoms. The van der Waals surface area contributed by atoms with Gasteiger partial charge in [0.2, 0.25) is 0 Å². The lowest BCUT2D eigenvalue weighted by molar-refractivity contribution is -0.191. The van der Waals surface area contributed by atoms with Crippen molar-refractivity contribution in [1.29, 1.82) is 0 Å². The van der Waals surface area contributed by atoms with E-state index < -0.39 is 67.6 Å². The van der Waals surface area contributed by atoms with Gasteiger partial charge in [0.25, 0.3) is 29.6 Å². The van der Waals surface area contributed by atoms with Crippen LogP contribution in [0.2, 0.25) is 0 Å². The second-order valence-corrected chi connectivity index (χ2v) is 6.80. The molecular formula is C14H20F10. The summed E-state index contributed by atoms with van der Waals surface area (Å²) in [6.07, 6.45) is -10.6. The first-order chi connectivity index (χ1) is 10.2. The monoisotopic (exact) mass is 378 g/mol. The van der Waals surface area contributed by atoms with Gasteiger partial charge >= 0.3 is 0 Å². The van der Waals surface area contributed by atoms with Gasteiger partial charge in [0.1, 0.15) is 0 Å². The van der Waals surface area contributed by atoms with Crippen molar-refractivity contribution in [3.63, 3.8) is 0 Å². The maximum Gasteiger partial charge on any atom is 0.259 e. The molecule has 0 aromatic rings. The van der Waals surface area contributed by atoms with E-state index in [-0.39, 0.29) is 6.92 Å². The van der Waals surface area contributed by atoms with Crippen molar-refractivity contribution in [1.82, 2.24) is 0 Å². The van der Waals surface area contributed by atoms with Crippen LogP contribution < -0.4 is 0 Å². The van der Waals surface area contributed by atoms with Gasteiger partial charge in [-0.25, -0.2) is 43.9 Å². The molecule has 0 heterocycles. The van der Waals surface area contributed by atoms with Crippen LogP contribution in [-0.4, -0.2) is 29.6 Å². The van der Waals surface area contributed by atoms with Crippen molar-refractivity contribution < 1.29 is 43.9 Å². The molecule has 0 nitrogen and oxygen atoms in total. The third kappa shape index (κ3) is 11.0. The lowest BCUT2D eigenvalue weighted by atomic mass is 9.94. The van der Waals surface area contributed by atoms with Crippen LogP contribution in [-0.2, 0) is 0 Å². The lowest BCUT2D eigenvalue weighted by Crippen LogP contribution is -2.39. The minimum Gasteiger partial charge on any atom is -0.207 e. The zero-order valence-corrected chi connectivity index (χ0v) is 13.4. The lowest BCUT2D eigenvalue weighted by Gasteiger charge is -2.29. The molecule has 0 aromatic heterocycles. The molecule has 0 rings (SSSR count). The molecule has 0 radical (unpaired) electrons. The van der Waals surface area contributed by atoms with E-state index in [0.29, 0.717) is 0 Å². The molecule has 0 N–H and O–H groups in total. The maximum atomic E-state index is 13.4. The predicted molar refractivity (Wildman–Crippen MR) is 68.3 cm³/mol. The quantitative estimate of drug-likeness (QED) is 0.367. The van der Waals surface area contributed by atoms with Crippen molar-refractivity contribution in [2.75, 3.05) is 0 Å². The van der Waals surface area contributed by atoms with Crippen LogP contribution in [0.25, 0.3) is 0 Å². The van der Waals surface area contributed by atoms with Gasteiger partial charge in [-0.2, -0.15) is 0 Å². The van der Waals surface area contributed by atoms with Crippen LogP contribution in [0.1, 0.15) is 52.9 Å². The van der Waals surface area contributed by atoms with Crippen molar-refractivity contribution in [3.05, 3.63) is 0 Å². The molecule has 0 bridgehead atoms. The van der Waals surface area contributed by atoms with Gasteiger partial charge in [-0.15, -0.1) is 0 Å². The zero-order chi connectivity index (χ0) is 19.6. The van der Waals surface area contributed by atoms with Gasteiger partial charge in [0.15, 0.2) is 0 Å². The first kappa shape index (κ1) is 23.3. The molecule has 0 saturated heterocycles. The summed E-state index contributed by atoms with van der Waals surface area (Å²) in [7, 11) is 0. The van der Waals surface area contributed by atoms with Gasteiger partial charge in [0, 0.05) is 6.42 Å². The van der Waals surface area contributed by atoms with Crippen molar-refractivity contribution in [3.8, 4) is 0 Å². The Balaban J connectivity index is 4.94. The summed E-state index contributed by atoms with van der Waals surface area (Å²) < 4.78 is 132. The Hall–Kier alpha value is -0.700. The fraction of sp³-hybridized carbons (Fsp3) is 1.00. The smallest absolute Gasteiger partial charge is 0.207 e. The number of halogens is 10. The molecular weight excluding hydrogens is 358 g/mol. The van der Waals surface area contributed by atoms with Gasteiger partial charge in [0.05, 0.1) is 25.7 Å². The third-order valence-electron chi connectivity index (χ3n) is 2.83. The minimum absolute atomic E-state index is 0.0696. The van der Waals surface area contributed by atoms with Gasteiger partial charge in [-0.1, -0.05) is 13.8 Å². The minimum atomic E-state index is -4.77. The van der Waals surface area contributed by atoms with E-state index in [1.807, 2.05) is 0 Å². The van der Waals surface area contributed by atoms with Gasteiger partial charge < -0.3 is 0 Å². The summed E-state index contributed by atoms with van der Waals surface area (Å²) in [6, 6.07) is 0. The number of alkyl halides is 10. The molecule has 0 aliphatic carbocycles. The van der Waals surface area contributed by atoms with E-state index in [4.69, 9.17) is 0 Å². The Morgan fingerprint density at radius 3 is 1.12 bits per heavy atom. The number of hydrogen-bond donors (Lipinski definition) is 0. The third-order valence-corrected chi connectivity index (χ3v) is 2.83. The molecule has 24 heavy (non-hydrogen) atoms. The molecule has 0 atom stereocenters. The Kier molecular flexibility index (Phi) is 7.06. The predicted octanol–water partition coefficient (Wildman–Crippen LogP) is 6.79. The normalized spacial score (nSPS) is 15.2. The highest BCUT2D eigenvalue weighted by Gasteiger charge is 2.54. The van der Waals surface area contributed by atoms with Crippen LogP contribution in [0.4, 0.5) is 43.9 Å². The summed E-state index contributed by atoms with van der Waals surface area (Å²) in [5.74, 6) is -22.6. The van der Waals surface area contributed by atoms with Crippen molar-refractivity contribution in [2.45, 2.75) is 82.5 Å².